The molecule has 0 heteroatoms. The van der Waals surface area contributed by atoms with Crippen LogP contribution in [-0.2, 0) is 10.8 Å². The minimum Gasteiger partial charge on any atom is -0.0654 e. The predicted molar refractivity (Wildman–Crippen MR) is 241 cm³/mol. The molecule has 0 atom stereocenters. The Bertz CT molecular complexity index is 2310. The molecular weight excluding hydrogens is 649 g/mol. The lowest BCUT2D eigenvalue weighted by atomic mass is 9.77. The molecule has 0 spiro atoms. The number of hydrogen-bond donors (Lipinski definition) is 0. The number of unbranched alkanes of at least 4 members (excludes halogenated alkanes) is 10. The SMILES string of the molecule is CCCCCCCCC(C)(C)c1cc2ccc3ccc(-c4ccc5ccc6cc(C(C)(C)CCCCCCCC)cc7ccc4c5c67)c4ccc(c1)c2c34. The minimum absolute atomic E-state index is 0.159. The predicted octanol–water partition coefficient (Wildman–Crippen LogP) is 17.2. The molecule has 0 saturated carbocycles. The van der Waals surface area contributed by atoms with Gasteiger partial charge in [0.15, 0.2) is 0 Å². The maximum atomic E-state index is 2.50. The normalized spacial score (nSPS) is 12.9. The molecule has 0 amide bonds. The first-order chi connectivity index (χ1) is 26.2. The van der Waals surface area contributed by atoms with Gasteiger partial charge in [0.05, 0.1) is 0 Å². The van der Waals surface area contributed by atoms with Gasteiger partial charge in [0.25, 0.3) is 0 Å². The molecule has 0 unspecified atom stereocenters. The van der Waals surface area contributed by atoms with Crippen molar-refractivity contribution in [2.24, 2.45) is 0 Å². The van der Waals surface area contributed by atoms with Gasteiger partial charge in [-0.05, 0) is 111 Å². The third kappa shape index (κ3) is 6.84. The zero-order valence-corrected chi connectivity index (χ0v) is 34.1. The second kappa shape index (κ2) is 15.2. The van der Waals surface area contributed by atoms with Crippen molar-refractivity contribution in [2.75, 3.05) is 0 Å². The van der Waals surface area contributed by atoms with Crippen LogP contribution in [0.15, 0.2) is 97.1 Å². The average Bonchev–Trinajstić information content (AvgIpc) is 3.18. The topological polar surface area (TPSA) is 0 Å². The molecule has 0 aliphatic heterocycles. The van der Waals surface area contributed by atoms with E-state index in [0.717, 1.165) is 0 Å². The highest BCUT2D eigenvalue weighted by atomic mass is 14.3. The molecule has 0 nitrogen and oxygen atoms in total. The first-order valence-electron chi connectivity index (χ1n) is 21.6. The van der Waals surface area contributed by atoms with Crippen LogP contribution >= 0.6 is 0 Å². The van der Waals surface area contributed by atoms with E-state index >= 15 is 0 Å². The molecule has 8 rings (SSSR count). The molecule has 8 aromatic rings. The fourth-order valence-corrected chi connectivity index (χ4v) is 9.87. The van der Waals surface area contributed by atoms with Crippen LogP contribution in [0.5, 0.6) is 0 Å². The van der Waals surface area contributed by atoms with E-state index < -0.39 is 0 Å². The summed E-state index contributed by atoms with van der Waals surface area (Å²) in [7, 11) is 0. The van der Waals surface area contributed by atoms with Crippen molar-refractivity contribution in [3.8, 4) is 11.1 Å². The first-order valence-corrected chi connectivity index (χ1v) is 21.6. The summed E-state index contributed by atoms with van der Waals surface area (Å²) in [5.74, 6) is 0. The molecule has 278 valence electrons. The van der Waals surface area contributed by atoms with Crippen molar-refractivity contribution in [1.29, 1.82) is 0 Å². The Morgan fingerprint density at radius 3 is 1.04 bits per heavy atom. The number of hydrogen-bond acceptors (Lipinski definition) is 0. The lowest BCUT2D eigenvalue weighted by molar-refractivity contribution is 0.443. The number of rotatable bonds is 17. The van der Waals surface area contributed by atoms with Crippen molar-refractivity contribution in [3.63, 3.8) is 0 Å². The quantitative estimate of drug-likeness (QED) is 0.0652. The van der Waals surface area contributed by atoms with Gasteiger partial charge >= 0.3 is 0 Å². The Balaban J connectivity index is 1.16. The maximum absolute atomic E-state index is 2.50. The highest BCUT2D eigenvalue weighted by Gasteiger charge is 2.24. The van der Waals surface area contributed by atoms with Gasteiger partial charge in [-0.1, -0.05) is 216 Å². The van der Waals surface area contributed by atoms with E-state index in [4.69, 9.17) is 0 Å². The van der Waals surface area contributed by atoms with Gasteiger partial charge in [-0.25, -0.2) is 0 Å². The van der Waals surface area contributed by atoms with Crippen LogP contribution in [0, 0.1) is 0 Å². The van der Waals surface area contributed by atoms with Gasteiger partial charge in [-0.3, -0.25) is 0 Å². The van der Waals surface area contributed by atoms with Crippen LogP contribution in [-0.4, -0.2) is 0 Å². The minimum atomic E-state index is 0.159. The molecule has 0 fully saturated rings. The summed E-state index contributed by atoms with van der Waals surface area (Å²) in [6.07, 6.45) is 18.7. The summed E-state index contributed by atoms with van der Waals surface area (Å²) >= 11 is 0. The van der Waals surface area contributed by atoms with E-state index in [0.29, 0.717) is 0 Å². The van der Waals surface area contributed by atoms with E-state index in [1.165, 1.54) is 177 Å². The van der Waals surface area contributed by atoms with Crippen LogP contribution in [0.3, 0.4) is 0 Å². The second-order valence-electron chi connectivity index (χ2n) is 18.2. The van der Waals surface area contributed by atoms with E-state index in [1.807, 2.05) is 0 Å². The van der Waals surface area contributed by atoms with Crippen LogP contribution < -0.4 is 0 Å². The summed E-state index contributed by atoms with van der Waals surface area (Å²) in [5.41, 5.74) is 5.94. The van der Waals surface area contributed by atoms with Crippen molar-refractivity contribution >= 4 is 64.6 Å². The summed E-state index contributed by atoms with van der Waals surface area (Å²) in [5, 5.41) is 16.5. The Hall–Kier alpha value is -4.16. The van der Waals surface area contributed by atoms with Gasteiger partial charge in [-0.2, -0.15) is 0 Å². The standard InChI is InChI=1S/C54H62/c1-7-9-11-13-15-17-31-53(3,4)43-33-39-21-19-37-23-27-45(47-29-25-41(35-43)49(39)51(37)47)46-28-24-38-20-22-40-34-44(36-42-26-30-48(46)52(38)50(40)42)54(5,6)32-18-16-14-12-10-8-2/h19-30,33-36H,7-18,31-32H2,1-6H3. The summed E-state index contributed by atoms with van der Waals surface area (Å²) < 4.78 is 0. The van der Waals surface area contributed by atoms with E-state index in [1.54, 1.807) is 0 Å². The van der Waals surface area contributed by atoms with E-state index in [-0.39, 0.29) is 10.8 Å². The molecular formula is C54H62. The molecule has 0 N–H and O–H groups in total. The smallest absolute Gasteiger partial charge is 0.00206 e. The van der Waals surface area contributed by atoms with Crippen LogP contribution in [0.4, 0.5) is 0 Å². The summed E-state index contributed by atoms with van der Waals surface area (Å²) in [6.45, 7) is 14.4. The van der Waals surface area contributed by atoms with Crippen molar-refractivity contribution in [1.82, 2.24) is 0 Å². The first kappa shape index (κ1) is 36.8. The Kier molecular flexibility index (Phi) is 10.3. The summed E-state index contributed by atoms with van der Waals surface area (Å²) in [6, 6.07) is 38.6. The van der Waals surface area contributed by atoms with Gasteiger partial charge < -0.3 is 0 Å². The highest BCUT2D eigenvalue weighted by molar-refractivity contribution is 6.29. The average molecular weight is 711 g/mol. The molecule has 0 radical (unpaired) electrons. The van der Waals surface area contributed by atoms with Crippen LogP contribution in [0.1, 0.15) is 143 Å². The third-order valence-electron chi connectivity index (χ3n) is 13.4. The van der Waals surface area contributed by atoms with E-state index in [9.17, 15) is 0 Å². The largest absolute Gasteiger partial charge is 0.0654 e. The fourth-order valence-electron chi connectivity index (χ4n) is 9.87. The lowest BCUT2D eigenvalue weighted by Gasteiger charge is -2.27. The zero-order valence-electron chi connectivity index (χ0n) is 34.1. The molecule has 8 aromatic carbocycles. The molecule has 0 saturated heterocycles. The molecule has 0 aromatic heterocycles. The number of benzene rings is 8. The van der Waals surface area contributed by atoms with Gasteiger partial charge in [0.2, 0.25) is 0 Å². The third-order valence-corrected chi connectivity index (χ3v) is 13.4. The monoisotopic (exact) mass is 710 g/mol. The second-order valence-corrected chi connectivity index (χ2v) is 18.2. The fraction of sp³-hybridized carbons (Fsp3) is 0.407. The molecule has 54 heavy (non-hydrogen) atoms. The molecule has 0 aliphatic rings. The molecule has 0 aliphatic carbocycles. The van der Waals surface area contributed by atoms with Crippen molar-refractivity contribution in [3.05, 3.63) is 108 Å². The Morgan fingerprint density at radius 2 is 0.648 bits per heavy atom. The van der Waals surface area contributed by atoms with Crippen molar-refractivity contribution < 1.29 is 0 Å². The van der Waals surface area contributed by atoms with Crippen LogP contribution in [0.2, 0.25) is 0 Å². The maximum Gasteiger partial charge on any atom is -0.00206 e. The van der Waals surface area contributed by atoms with Gasteiger partial charge in [0, 0.05) is 0 Å². The Morgan fingerprint density at radius 1 is 0.333 bits per heavy atom. The Labute approximate surface area is 325 Å². The summed E-state index contributed by atoms with van der Waals surface area (Å²) in [4.78, 5) is 0. The zero-order chi connectivity index (χ0) is 37.5. The molecule has 0 bridgehead atoms. The van der Waals surface area contributed by atoms with Gasteiger partial charge in [0.1, 0.15) is 0 Å². The highest BCUT2D eigenvalue weighted by Crippen LogP contribution is 2.46. The lowest BCUT2D eigenvalue weighted by Crippen LogP contribution is -2.17. The van der Waals surface area contributed by atoms with E-state index in [2.05, 4.69) is 139 Å². The van der Waals surface area contributed by atoms with Gasteiger partial charge in [-0.15, -0.1) is 0 Å². The van der Waals surface area contributed by atoms with Crippen molar-refractivity contribution in [2.45, 2.75) is 142 Å². The molecule has 0 heterocycles. The van der Waals surface area contributed by atoms with Crippen LogP contribution in [0.25, 0.3) is 75.8 Å².